The number of nitriles is 1. The Morgan fingerprint density at radius 3 is 2.82 bits per heavy atom. The molecule has 0 saturated heterocycles. The van der Waals surface area contributed by atoms with E-state index in [4.69, 9.17) is 9.47 Å². The largest absolute Gasteiger partial charge is 0.493 e. The molecule has 0 spiro atoms. The molecule has 0 bridgehead atoms. The number of ether oxygens (including phenoxy) is 2. The van der Waals surface area contributed by atoms with Crippen molar-refractivity contribution in [2.75, 3.05) is 26.6 Å². The molecular weight excluding hydrogens is 302 g/mol. The molecule has 1 aliphatic heterocycles. The summed E-state index contributed by atoms with van der Waals surface area (Å²) in [5.74, 6) is 1.65. The van der Waals surface area contributed by atoms with E-state index in [0.29, 0.717) is 30.3 Å². The minimum Gasteiger partial charge on any atom is -0.493 e. The zero-order valence-electron chi connectivity index (χ0n) is 12.5. The van der Waals surface area contributed by atoms with Gasteiger partial charge in [0.15, 0.2) is 11.5 Å². The van der Waals surface area contributed by atoms with Crippen molar-refractivity contribution >= 4 is 23.9 Å². The van der Waals surface area contributed by atoms with Gasteiger partial charge in [-0.3, -0.25) is 9.79 Å². The van der Waals surface area contributed by atoms with Crippen LogP contribution in [0.2, 0.25) is 0 Å². The molecule has 1 aromatic rings. The first kappa shape index (κ1) is 16.2. The second-order valence-electron chi connectivity index (χ2n) is 4.52. The van der Waals surface area contributed by atoms with Gasteiger partial charge in [0, 0.05) is 12.1 Å². The van der Waals surface area contributed by atoms with Crippen LogP contribution in [0.25, 0.3) is 0 Å². The highest BCUT2D eigenvalue weighted by Gasteiger charge is 2.25. The second kappa shape index (κ2) is 7.71. The van der Waals surface area contributed by atoms with Crippen LogP contribution in [-0.2, 0) is 11.2 Å². The Morgan fingerprint density at radius 2 is 2.18 bits per heavy atom. The molecule has 1 heterocycles. The SMILES string of the molecule is COc1cc2c(cc1OC)C(C(C#N)SCNC=O)=NCC2. The highest BCUT2D eigenvalue weighted by molar-refractivity contribution is 8.00. The normalized spacial score (nSPS) is 14.1. The predicted octanol–water partition coefficient (Wildman–Crippen LogP) is 1.38. The fraction of sp³-hybridized carbons (Fsp3) is 0.400. The van der Waals surface area contributed by atoms with Crippen molar-refractivity contribution in [3.05, 3.63) is 23.3 Å². The number of hydrogen-bond donors (Lipinski definition) is 1. The summed E-state index contributed by atoms with van der Waals surface area (Å²) in [6.45, 7) is 0.637. The predicted molar refractivity (Wildman–Crippen MR) is 85.7 cm³/mol. The number of nitrogens with one attached hydrogen (secondary N) is 1. The van der Waals surface area contributed by atoms with Crippen LogP contribution in [0, 0.1) is 11.3 Å². The molecule has 22 heavy (non-hydrogen) atoms. The van der Waals surface area contributed by atoms with Crippen LogP contribution in [0.5, 0.6) is 11.5 Å². The maximum absolute atomic E-state index is 10.3. The summed E-state index contributed by atoms with van der Waals surface area (Å²) in [6.07, 6.45) is 1.42. The zero-order valence-corrected chi connectivity index (χ0v) is 13.3. The van der Waals surface area contributed by atoms with Crippen molar-refractivity contribution < 1.29 is 14.3 Å². The number of amides is 1. The van der Waals surface area contributed by atoms with Crippen LogP contribution < -0.4 is 14.8 Å². The van der Waals surface area contributed by atoms with Gasteiger partial charge in [0.25, 0.3) is 0 Å². The monoisotopic (exact) mass is 319 g/mol. The standard InChI is InChI=1S/C15H17N3O3S/c1-20-12-5-10-3-4-18-15(11(10)6-13(12)21-2)14(7-16)22-9-17-8-19/h5-6,8,14H,3-4,9H2,1-2H3,(H,17,19). The number of thioether (sulfide) groups is 1. The smallest absolute Gasteiger partial charge is 0.207 e. The lowest BCUT2D eigenvalue weighted by Gasteiger charge is -2.22. The molecule has 0 radical (unpaired) electrons. The lowest BCUT2D eigenvalue weighted by molar-refractivity contribution is -0.109. The van der Waals surface area contributed by atoms with Gasteiger partial charge in [-0.2, -0.15) is 5.26 Å². The fourth-order valence-corrected chi connectivity index (χ4v) is 3.08. The average Bonchev–Trinajstić information content (AvgIpc) is 2.57. The Balaban J connectivity index is 2.34. The highest BCUT2D eigenvalue weighted by atomic mass is 32.2. The van der Waals surface area contributed by atoms with Crippen LogP contribution in [-0.4, -0.2) is 44.0 Å². The first-order chi connectivity index (χ1) is 10.7. The quantitative estimate of drug-likeness (QED) is 0.466. The molecule has 2 rings (SSSR count). The van der Waals surface area contributed by atoms with Gasteiger partial charge < -0.3 is 14.8 Å². The number of aliphatic imine (C=N–C) groups is 1. The molecule has 0 aliphatic carbocycles. The number of carbonyl (C=O) groups is 1. The van der Waals surface area contributed by atoms with Crippen LogP contribution >= 0.6 is 11.8 Å². The van der Waals surface area contributed by atoms with Gasteiger partial charge in [-0.15, -0.1) is 11.8 Å². The van der Waals surface area contributed by atoms with Gasteiger partial charge in [-0.1, -0.05) is 0 Å². The lowest BCUT2D eigenvalue weighted by atomic mass is 9.95. The number of rotatable bonds is 7. The molecule has 0 aromatic heterocycles. The molecule has 1 N–H and O–H groups in total. The third-order valence-corrected chi connectivity index (χ3v) is 4.33. The maximum atomic E-state index is 10.3. The van der Waals surface area contributed by atoms with Crippen LogP contribution in [0.15, 0.2) is 17.1 Å². The van der Waals surface area contributed by atoms with E-state index in [2.05, 4.69) is 16.4 Å². The number of nitrogens with zero attached hydrogens (tertiary/aromatic N) is 2. The van der Waals surface area contributed by atoms with Gasteiger partial charge in [-0.05, 0) is 24.1 Å². The number of benzene rings is 1. The van der Waals surface area contributed by atoms with Crippen molar-refractivity contribution in [2.24, 2.45) is 4.99 Å². The zero-order chi connectivity index (χ0) is 15.9. The van der Waals surface area contributed by atoms with E-state index in [9.17, 15) is 10.1 Å². The lowest BCUT2D eigenvalue weighted by Crippen LogP contribution is -2.25. The summed E-state index contributed by atoms with van der Waals surface area (Å²) >= 11 is 1.33. The van der Waals surface area contributed by atoms with E-state index in [-0.39, 0.29) is 0 Å². The molecular formula is C15H17N3O3S. The second-order valence-corrected chi connectivity index (χ2v) is 5.62. The van der Waals surface area contributed by atoms with Gasteiger partial charge in [0.05, 0.1) is 31.9 Å². The number of fused-ring (bicyclic) bond motifs is 1. The van der Waals surface area contributed by atoms with Crippen LogP contribution in [0.4, 0.5) is 0 Å². The van der Waals surface area contributed by atoms with Crippen molar-refractivity contribution in [2.45, 2.75) is 11.7 Å². The van der Waals surface area contributed by atoms with Crippen molar-refractivity contribution in [3.8, 4) is 17.6 Å². The third kappa shape index (κ3) is 3.34. The molecule has 1 atom stereocenters. The third-order valence-electron chi connectivity index (χ3n) is 3.33. The minimum atomic E-state index is -0.440. The van der Waals surface area contributed by atoms with Crippen LogP contribution in [0.1, 0.15) is 11.1 Å². The van der Waals surface area contributed by atoms with Gasteiger partial charge in [-0.25, -0.2) is 0 Å². The van der Waals surface area contributed by atoms with Gasteiger partial charge in [0.1, 0.15) is 5.25 Å². The van der Waals surface area contributed by atoms with E-state index in [0.717, 1.165) is 23.3 Å². The minimum absolute atomic E-state index is 0.364. The molecule has 7 heteroatoms. The molecule has 0 fully saturated rings. The summed E-state index contributed by atoms with van der Waals surface area (Å²) in [7, 11) is 3.18. The Hall–Kier alpha value is -2.20. The Kier molecular flexibility index (Phi) is 5.67. The first-order valence-corrected chi connectivity index (χ1v) is 7.77. The van der Waals surface area contributed by atoms with Gasteiger partial charge in [0.2, 0.25) is 6.41 Å². The van der Waals surface area contributed by atoms with Gasteiger partial charge >= 0.3 is 0 Å². The molecule has 1 aromatic carbocycles. The number of methoxy groups -OCH3 is 2. The van der Waals surface area contributed by atoms with E-state index in [1.165, 1.54) is 11.8 Å². The molecule has 1 unspecified atom stereocenters. The number of carbonyl (C=O) groups excluding carboxylic acids is 1. The van der Waals surface area contributed by atoms with E-state index >= 15 is 0 Å². The van der Waals surface area contributed by atoms with Crippen molar-refractivity contribution in [3.63, 3.8) is 0 Å². The summed E-state index contributed by atoms with van der Waals surface area (Å²) in [4.78, 5) is 14.8. The first-order valence-electron chi connectivity index (χ1n) is 6.73. The topological polar surface area (TPSA) is 83.7 Å². The Bertz CT molecular complexity index is 625. The summed E-state index contributed by atoms with van der Waals surface area (Å²) in [5.41, 5.74) is 2.73. The fourth-order valence-electron chi connectivity index (χ4n) is 2.32. The molecule has 1 amide bonds. The van der Waals surface area contributed by atoms with E-state index in [1.807, 2.05) is 12.1 Å². The molecule has 0 saturated carbocycles. The maximum Gasteiger partial charge on any atom is 0.207 e. The summed E-state index contributed by atoms with van der Waals surface area (Å²) in [6, 6.07) is 6.04. The molecule has 6 nitrogen and oxygen atoms in total. The summed E-state index contributed by atoms with van der Waals surface area (Å²) < 4.78 is 10.7. The number of hydrogen-bond acceptors (Lipinski definition) is 6. The van der Waals surface area contributed by atoms with Crippen LogP contribution in [0.3, 0.4) is 0 Å². The Morgan fingerprint density at radius 1 is 1.45 bits per heavy atom. The van der Waals surface area contributed by atoms with Crippen molar-refractivity contribution in [1.82, 2.24) is 5.32 Å². The van der Waals surface area contributed by atoms with E-state index in [1.54, 1.807) is 14.2 Å². The molecule has 1 aliphatic rings. The average molecular weight is 319 g/mol. The van der Waals surface area contributed by atoms with E-state index < -0.39 is 5.25 Å². The molecule has 116 valence electrons. The summed E-state index contributed by atoms with van der Waals surface area (Å²) in [5, 5.41) is 11.5. The highest BCUT2D eigenvalue weighted by Crippen LogP contribution is 2.34. The van der Waals surface area contributed by atoms with Crippen molar-refractivity contribution in [1.29, 1.82) is 5.26 Å². The Labute approximate surface area is 133 Å².